The minimum Gasteiger partial charge on any atom is -0.387 e. The molecule has 4 heteroatoms. The van der Waals surface area contributed by atoms with Crippen LogP contribution in [0, 0.1) is 11.8 Å². The van der Waals surface area contributed by atoms with Gasteiger partial charge in [-0.2, -0.15) is 0 Å². The molecule has 126 valence electrons. The molecule has 1 unspecified atom stereocenters. The van der Waals surface area contributed by atoms with Crippen molar-refractivity contribution in [2.75, 3.05) is 13.1 Å². The Morgan fingerprint density at radius 1 is 1.33 bits per heavy atom. The van der Waals surface area contributed by atoms with Gasteiger partial charge in [-0.3, -0.25) is 9.88 Å². The number of aliphatic hydroxyl groups is 1. The Labute approximate surface area is 142 Å². The number of fused-ring (bicyclic) bond motifs is 4. The number of pyridine rings is 1. The van der Waals surface area contributed by atoms with Crippen LogP contribution in [0.15, 0.2) is 36.5 Å². The number of para-hydroxylation sites is 1. The van der Waals surface area contributed by atoms with Crippen molar-refractivity contribution < 1.29 is 9.90 Å². The van der Waals surface area contributed by atoms with Gasteiger partial charge in [0.05, 0.1) is 11.6 Å². The molecule has 24 heavy (non-hydrogen) atoms. The Kier molecular flexibility index (Phi) is 4.33. The number of aromatic nitrogens is 1. The van der Waals surface area contributed by atoms with E-state index in [-0.39, 0.29) is 6.04 Å². The summed E-state index contributed by atoms with van der Waals surface area (Å²) in [6.45, 7) is 2.08. The van der Waals surface area contributed by atoms with Crippen LogP contribution < -0.4 is 0 Å². The van der Waals surface area contributed by atoms with Crippen molar-refractivity contribution in [1.29, 1.82) is 0 Å². The quantitative estimate of drug-likeness (QED) is 0.859. The molecule has 4 nitrogen and oxygen atoms in total. The van der Waals surface area contributed by atoms with Crippen molar-refractivity contribution in [2.45, 2.75) is 37.8 Å². The number of hydrogen-bond acceptors (Lipinski definition) is 4. The number of carbonyl (C=O) groups excluding carboxylic acids is 1. The third-order valence-corrected chi connectivity index (χ3v) is 5.96. The Balaban J connectivity index is 1.57. The zero-order valence-corrected chi connectivity index (χ0v) is 13.8. The number of hydrogen-bond donors (Lipinski definition) is 1. The number of carbonyl (C=O) groups is 1. The summed E-state index contributed by atoms with van der Waals surface area (Å²) in [6, 6.07) is 10.2. The molecular formula is C20H24N2O2. The van der Waals surface area contributed by atoms with E-state index in [1.54, 1.807) is 6.20 Å². The lowest BCUT2D eigenvalue weighted by atomic mass is 9.72. The van der Waals surface area contributed by atoms with Crippen LogP contribution >= 0.6 is 0 Å². The van der Waals surface area contributed by atoms with Crippen LogP contribution in [0.3, 0.4) is 0 Å². The maximum absolute atomic E-state index is 11.1. The highest BCUT2D eigenvalue weighted by molar-refractivity contribution is 5.82. The maximum Gasteiger partial charge on any atom is 0.120 e. The molecule has 1 aromatic heterocycles. The lowest BCUT2D eigenvalue weighted by Gasteiger charge is -2.51. The molecule has 2 aromatic rings. The minimum atomic E-state index is -0.479. The van der Waals surface area contributed by atoms with E-state index < -0.39 is 6.10 Å². The molecule has 0 radical (unpaired) electrons. The van der Waals surface area contributed by atoms with Crippen LogP contribution in [0.5, 0.6) is 0 Å². The van der Waals surface area contributed by atoms with E-state index in [9.17, 15) is 9.90 Å². The highest BCUT2D eigenvalue weighted by Crippen LogP contribution is 2.42. The second-order valence-electron chi connectivity index (χ2n) is 7.21. The van der Waals surface area contributed by atoms with E-state index in [1.807, 2.05) is 30.3 Å². The normalized spacial score (nSPS) is 30.4. The highest BCUT2D eigenvalue weighted by Gasteiger charge is 2.42. The summed E-state index contributed by atoms with van der Waals surface area (Å²) in [4.78, 5) is 17.5. The molecule has 3 aliphatic rings. The molecule has 5 rings (SSSR count). The second kappa shape index (κ2) is 6.61. The molecule has 2 bridgehead atoms. The zero-order chi connectivity index (χ0) is 16.5. The van der Waals surface area contributed by atoms with E-state index >= 15 is 0 Å². The molecular weight excluding hydrogens is 300 g/mol. The Bertz CT molecular complexity index is 727. The number of nitrogens with zero attached hydrogens (tertiary/aromatic N) is 2. The summed E-state index contributed by atoms with van der Waals surface area (Å²) in [5, 5.41) is 12.2. The fraction of sp³-hybridized carbons (Fsp3) is 0.500. The number of aliphatic hydroxyl groups excluding tert-OH is 1. The number of benzene rings is 1. The molecule has 3 aliphatic heterocycles. The fourth-order valence-corrected chi connectivity index (χ4v) is 4.70. The van der Waals surface area contributed by atoms with Crippen molar-refractivity contribution in [2.24, 2.45) is 11.8 Å². The van der Waals surface area contributed by atoms with Crippen molar-refractivity contribution in [3.63, 3.8) is 0 Å². The third kappa shape index (κ3) is 2.74. The molecule has 1 N–H and O–H groups in total. The average molecular weight is 324 g/mol. The van der Waals surface area contributed by atoms with Gasteiger partial charge in [-0.25, -0.2) is 0 Å². The summed E-state index contributed by atoms with van der Waals surface area (Å²) in [5.74, 6) is 1.25. The smallest absolute Gasteiger partial charge is 0.120 e. The van der Waals surface area contributed by atoms with Crippen molar-refractivity contribution in [3.8, 4) is 0 Å². The van der Waals surface area contributed by atoms with Crippen LogP contribution in [0.1, 0.15) is 37.4 Å². The summed E-state index contributed by atoms with van der Waals surface area (Å²) in [6.07, 6.45) is 6.23. The van der Waals surface area contributed by atoms with Crippen molar-refractivity contribution in [3.05, 3.63) is 42.1 Å². The Hall–Kier alpha value is -1.78. The summed E-state index contributed by atoms with van der Waals surface area (Å²) in [5.41, 5.74) is 1.93. The lowest BCUT2D eigenvalue weighted by molar-refractivity contribution is -0.108. The largest absolute Gasteiger partial charge is 0.387 e. The average Bonchev–Trinajstić information content (AvgIpc) is 2.65. The van der Waals surface area contributed by atoms with Gasteiger partial charge in [-0.05, 0) is 55.3 Å². The first-order valence-corrected chi connectivity index (χ1v) is 8.97. The Morgan fingerprint density at radius 2 is 2.21 bits per heavy atom. The van der Waals surface area contributed by atoms with Gasteiger partial charge < -0.3 is 9.90 Å². The topological polar surface area (TPSA) is 53.4 Å². The first kappa shape index (κ1) is 15.7. The molecule has 4 heterocycles. The lowest BCUT2D eigenvalue weighted by Crippen LogP contribution is -2.55. The first-order chi connectivity index (χ1) is 11.8. The minimum absolute atomic E-state index is 0.182. The van der Waals surface area contributed by atoms with E-state index in [0.29, 0.717) is 18.3 Å². The predicted octanol–water partition coefficient (Wildman–Crippen LogP) is 2.96. The van der Waals surface area contributed by atoms with E-state index in [0.717, 1.165) is 48.7 Å². The van der Waals surface area contributed by atoms with Gasteiger partial charge >= 0.3 is 0 Å². The standard InChI is InChI=1S/C20H24N2O2/c23-11-3-4-15-13-22-10-8-14(15)12-19(22)20(24)17-7-9-21-18-6-2-1-5-16(17)18/h1-2,5-7,9,11,14-15,19-20,24H,3-4,8,10,12-13H2/t14-,15-,19-,20+/m0/s1. The van der Waals surface area contributed by atoms with Gasteiger partial charge in [-0.15, -0.1) is 0 Å². The molecule has 0 amide bonds. The van der Waals surface area contributed by atoms with Gasteiger partial charge in [0.15, 0.2) is 0 Å². The van der Waals surface area contributed by atoms with Crippen LogP contribution in [0.2, 0.25) is 0 Å². The van der Waals surface area contributed by atoms with E-state index in [1.165, 1.54) is 6.42 Å². The SMILES string of the molecule is O=CCC[C@H]1CN2CC[C@H]1C[C@H]2[C@H](O)c1ccnc2ccccc12. The van der Waals surface area contributed by atoms with E-state index in [2.05, 4.69) is 9.88 Å². The molecule has 5 atom stereocenters. The zero-order valence-electron chi connectivity index (χ0n) is 13.8. The van der Waals surface area contributed by atoms with Gasteiger partial charge in [0, 0.05) is 30.6 Å². The molecule has 3 saturated heterocycles. The molecule has 0 spiro atoms. The number of aldehydes is 1. The molecule has 0 aliphatic carbocycles. The van der Waals surface area contributed by atoms with Crippen LogP contribution in [-0.4, -0.2) is 40.4 Å². The third-order valence-electron chi connectivity index (χ3n) is 5.96. The van der Waals surface area contributed by atoms with Crippen molar-refractivity contribution in [1.82, 2.24) is 9.88 Å². The summed E-state index contributed by atoms with van der Waals surface area (Å²) >= 11 is 0. The highest BCUT2D eigenvalue weighted by atomic mass is 16.3. The van der Waals surface area contributed by atoms with E-state index in [4.69, 9.17) is 0 Å². The second-order valence-corrected chi connectivity index (χ2v) is 7.21. The predicted molar refractivity (Wildman–Crippen MR) is 93.6 cm³/mol. The Morgan fingerprint density at radius 3 is 3.00 bits per heavy atom. The van der Waals surface area contributed by atoms with Crippen LogP contribution in [0.4, 0.5) is 0 Å². The number of rotatable bonds is 5. The van der Waals surface area contributed by atoms with Crippen LogP contribution in [0.25, 0.3) is 10.9 Å². The first-order valence-electron chi connectivity index (χ1n) is 8.97. The number of piperidine rings is 3. The van der Waals surface area contributed by atoms with Gasteiger partial charge in [0.1, 0.15) is 6.29 Å². The van der Waals surface area contributed by atoms with Gasteiger partial charge in [-0.1, -0.05) is 18.2 Å². The summed E-state index contributed by atoms with van der Waals surface area (Å²) in [7, 11) is 0. The van der Waals surface area contributed by atoms with Gasteiger partial charge in [0.2, 0.25) is 0 Å². The fourth-order valence-electron chi connectivity index (χ4n) is 4.70. The van der Waals surface area contributed by atoms with Gasteiger partial charge in [0.25, 0.3) is 0 Å². The molecule has 3 fully saturated rings. The molecule has 0 saturated carbocycles. The van der Waals surface area contributed by atoms with Crippen molar-refractivity contribution >= 4 is 17.2 Å². The monoisotopic (exact) mass is 324 g/mol. The van der Waals surface area contributed by atoms with Crippen LogP contribution in [-0.2, 0) is 4.79 Å². The molecule has 1 aromatic carbocycles. The summed E-state index contributed by atoms with van der Waals surface area (Å²) < 4.78 is 0. The maximum atomic E-state index is 11.1.